The number of nitrogens with zero attached hydrogens (tertiary/aromatic N) is 2. The van der Waals surface area contributed by atoms with Crippen LogP contribution in [-0.4, -0.2) is 50.5 Å². The Balaban J connectivity index is 2.01. The zero-order valence-corrected chi connectivity index (χ0v) is 18.4. The Morgan fingerprint density at radius 2 is 2.04 bits per heavy atom. The summed E-state index contributed by atoms with van der Waals surface area (Å²) in [5.74, 6) is -0.336. The highest BCUT2D eigenvalue weighted by atomic mass is 28.4. The van der Waals surface area contributed by atoms with Gasteiger partial charge in [0.15, 0.2) is 8.32 Å². The Morgan fingerprint density at radius 3 is 2.65 bits per heavy atom. The molecule has 0 aliphatic carbocycles. The molecule has 0 saturated heterocycles. The summed E-state index contributed by atoms with van der Waals surface area (Å²) in [6.45, 7) is 19.0. The number of carbonyl (C=O) groups is 1. The second kappa shape index (κ2) is 8.19. The number of aryl methyl sites for hydroxylation is 1. The van der Waals surface area contributed by atoms with E-state index < -0.39 is 8.32 Å². The predicted octanol–water partition coefficient (Wildman–Crippen LogP) is 3.95. The third-order valence-electron chi connectivity index (χ3n) is 5.65. The van der Waals surface area contributed by atoms with Crippen LogP contribution < -0.4 is 0 Å². The number of ether oxygens (including phenoxy) is 1. The van der Waals surface area contributed by atoms with Gasteiger partial charge >= 0.3 is 5.97 Å². The molecule has 146 valence electrons. The second-order valence-electron chi connectivity index (χ2n) is 8.61. The first-order valence-corrected chi connectivity index (χ1v) is 12.5. The molecule has 0 saturated carbocycles. The van der Waals surface area contributed by atoms with E-state index in [4.69, 9.17) is 9.16 Å². The highest BCUT2D eigenvalue weighted by Gasteiger charge is 2.37. The first kappa shape index (κ1) is 21.1. The highest BCUT2D eigenvalue weighted by Crippen LogP contribution is 2.36. The summed E-state index contributed by atoms with van der Waals surface area (Å²) >= 11 is 0. The number of hydrogen-bond acceptors (Lipinski definition) is 5. The van der Waals surface area contributed by atoms with Gasteiger partial charge in [0, 0.05) is 26.2 Å². The molecule has 0 fully saturated rings. The molecule has 1 aromatic rings. The van der Waals surface area contributed by atoms with Gasteiger partial charge in [-0.25, -0.2) is 9.78 Å². The molecule has 0 radical (unpaired) electrons. The van der Waals surface area contributed by atoms with Crippen LogP contribution in [0.5, 0.6) is 0 Å². The van der Waals surface area contributed by atoms with Crippen molar-refractivity contribution in [2.75, 3.05) is 26.3 Å². The minimum absolute atomic E-state index is 0.231. The van der Waals surface area contributed by atoms with Gasteiger partial charge in [-0.3, -0.25) is 4.90 Å². The van der Waals surface area contributed by atoms with Crippen molar-refractivity contribution in [3.8, 4) is 0 Å². The van der Waals surface area contributed by atoms with Gasteiger partial charge in [0.25, 0.3) is 0 Å². The van der Waals surface area contributed by atoms with Crippen molar-refractivity contribution < 1.29 is 14.0 Å². The van der Waals surface area contributed by atoms with E-state index in [1.54, 1.807) is 0 Å². The van der Waals surface area contributed by atoms with Gasteiger partial charge in [0.2, 0.25) is 0 Å². The summed E-state index contributed by atoms with van der Waals surface area (Å²) in [6, 6.07) is 1.85. The topological polar surface area (TPSA) is 51.7 Å². The summed E-state index contributed by atoms with van der Waals surface area (Å²) in [5.41, 5.74) is 3.84. The standard InChI is InChI=1S/C20H34N2O3Si/c1-8-24-19(23)17-13-15(2)16-9-10-22(14-18(16)21-17)11-12-25-26(6,7)20(3,4)5/h13H,8-12,14H2,1-7H3. The van der Waals surface area contributed by atoms with Crippen molar-refractivity contribution in [3.05, 3.63) is 28.6 Å². The molecule has 0 spiro atoms. The molecule has 0 amide bonds. The Bertz CT molecular complexity index is 653. The van der Waals surface area contributed by atoms with Crippen LogP contribution in [0.1, 0.15) is 55.0 Å². The van der Waals surface area contributed by atoms with E-state index >= 15 is 0 Å². The average molecular weight is 379 g/mol. The van der Waals surface area contributed by atoms with Crippen molar-refractivity contribution in [2.45, 2.75) is 65.7 Å². The molecular weight excluding hydrogens is 344 g/mol. The monoisotopic (exact) mass is 378 g/mol. The number of aromatic nitrogens is 1. The summed E-state index contributed by atoms with van der Waals surface area (Å²) < 4.78 is 11.4. The van der Waals surface area contributed by atoms with E-state index in [0.29, 0.717) is 12.3 Å². The Hall–Kier alpha value is -1.24. The molecule has 1 aromatic heterocycles. The number of carbonyl (C=O) groups excluding carboxylic acids is 1. The van der Waals surface area contributed by atoms with Gasteiger partial charge in [-0.2, -0.15) is 0 Å². The summed E-state index contributed by atoms with van der Waals surface area (Å²) in [7, 11) is -1.71. The van der Waals surface area contributed by atoms with Crippen LogP contribution in [-0.2, 0) is 22.1 Å². The molecule has 6 heteroatoms. The number of esters is 1. The molecule has 2 heterocycles. The maximum atomic E-state index is 12.0. The summed E-state index contributed by atoms with van der Waals surface area (Å²) in [6.07, 6.45) is 0.970. The highest BCUT2D eigenvalue weighted by molar-refractivity contribution is 6.74. The minimum Gasteiger partial charge on any atom is -0.461 e. The van der Waals surface area contributed by atoms with Crippen LogP contribution in [0.4, 0.5) is 0 Å². The van der Waals surface area contributed by atoms with Gasteiger partial charge < -0.3 is 9.16 Å². The van der Waals surface area contributed by atoms with Gasteiger partial charge in [-0.15, -0.1) is 0 Å². The number of rotatable bonds is 6. The molecule has 1 aliphatic rings. The summed E-state index contributed by atoms with van der Waals surface area (Å²) in [5, 5.41) is 0.231. The molecule has 2 rings (SSSR count). The maximum Gasteiger partial charge on any atom is 0.356 e. The van der Waals surface area contributed by atoms with E-state index in [1.165, 1.54) is 5.56 Å². The Kier molecular flexibility index (Phi) is 6.63. The second-order valence-corrected chi connectivity index (χ2v) is 13.4. The number of fused-ring (bicyclic) bond motifs is 1. The molecule has 5 nitrogen and oxygen atoms in total. The van der Waals surface area contributed by atoms with Crippen LogP contribution in [0.15, 0.2) is 6.07 Å². The molecular formula is C20H34N2O3Si. The zero-order valence-electron chi connectivity index (χ0n) is 17.4. The van der Waals surface area contributed by atoms with Crippen LogP contribution in [0.3, 0.4) is 0 Å². The van der Waals surface area contributed by atoms with Crippen molar-refractivity contribution in [2.24, 2.45) is 0 Å². The van der Waals surface area contributed by atoms with Crippen molar-refractivity contribution >= 4 is 14.3 Å². The van der Waals surface area contributed by atoms with Crippen molar-refractivity contribution in [1.29, 1.82) is 0 Å². The zero-order chi connectivity index (χ0) is 19.5. The lowest BCUT2D eigenvalue weighted by atomic mass is 9.99. The normalized spacial score (nSPS) is 15.7. The van der Waals surface area contributed by atoms with Crippen molar-refractivity contribution in [3.63, 3.8) is 0 Å². The molecule has 0 N–H and O–H groups in total. The lowest BCUT2D eigenvalue weighted by molar-refractivity contribution is 0.0518. The van der Waals surface area contributed by atoms with E-state index in [9.17, 15) is 4.79 Å². The molecule has 1 aliphatic heterocycles. The quantitative estimate of drug-likeness (QED) is 0.554. The predicted molar refractivity (Wildman–Crippen MR) is 107 cm³/mol. The molecule has 26 heavy (non-hydrogen) atoms. The van der Waals surface area contributed by atoms with E-state index in [2.05, 4.69) is 50.7 Å². The van der Waals surface area contributed by atoms with Gasteiger partial charge in [0.1, 0.15) is 5.69 Å². The summed E-state index contributed by atoms with van der Waals surface area (Å²) in [4.78, 5) is 19.0. The molecule has 0 aromatic carbocycles. The van der Waals surface area contributed by atoms with Crippen LogP contribution in [0.2, 0.25) is 18.1 Å². The van der Waals surface area contributed by atoms with E-state index in [-0.39, 0.29) is 11.0 Å². The lowest BCUT2D eigenvalue weighted by Crippen LogP contribution is -2.43. The first-order chi connectivity index (χ1) is 12.0. The van der Waals surface area contributed by atoms with E-state index in [1.807, 2.05) is 13.0 Å². The fraction of sp³-hybridized carbons (Fsp3) is 0.700. The van der Waals surface area contributed by atoms with Gasteiger partial charge in [-0.05, 0) is 55.6 Å². The van der Waals surface area contributed by atoms with Gasteiger partial charge in [-0.1, -0.05) is 20.8 Å². The molecule has 0 bridgehead atoms. The molecule has 0 unspecified atom stereocenters. The van der Waals surface area contributed by atoms with Crippen LogP contribution in [0.25, 0.3) is 0 Å². The fourth-order valence-corrected chi connectivity index (χ4v) is 3.98. The molecule has 0 atom stereocenters. The maximum absolute atomic E-state index is 12.0. The number of pyridine rings is 1. The fourth-order valence-electron chi connectivity index (χ4n) is 2.94. The largest absolute Gasteiger partial charge is 0.461 e. The minimum atomic E-state index is -1.71. The lowest BCUT2D eigenvalue weighted by Gasteiger charge is -2.37. The van der Waals surface area contributed by atoms with Crippen LogP contribution in [0, 0.1) is 6.92 Å². The number of hydrogen-bond donors (Lipinski definition) is 0. The van der Waals surface area contributed by atoms with Crippen molar-refractivity contribution in [1.82, 2.24) is 9.88 Å². The average Bonchev–Trinajstić information content (AvgIpc) is 2.53. The van der Waals surface area contributed by atoms with E-state index in [0.717, 1.165) is 43.9 Å². The Morgan fingerprint density at radius 1 is 1.35 bits per heavy atom. The third-order valence-corrected chi connectivity index (χ3v) is 10.2. The third kappa shape index (κ3) is 4.93. The Labute approximate surface area is 159 Å². The van der Waals surface area contributed by atoms with Gasteiger partial charge in [0.05, 0.1) is 12.3 Å². The first-order valence-electron chi connectivity index (χ1n) is 9.58. The smallest absolute Gasteiger partial charge is 0.356 e. The SMILES string of the molecule is CCOC(=O)c1cc(C)c2c(n1)CN(CCO[Si](C)(C)C(C)(C)C)CC2. The van der Waals surface area contributed by atoms with Crippen LogP contribution >= 0.6 is 0 Å².